The molecular weight excluding hydrogens is 200 g/mol. The van der Waals surface area contributed by atoms with E-state index in [1.165, 1.54) is 11.1 Å². The summed E-state index contributed by atoms with van der Waals surface area (Å²) in [5, 5.41) is 0. The van der Waals surface area contributed by atoms with Gasteiger partial charge >= 0.3 is 0 Å². The highest BCUT2D eigenvalue weighted by Crippen LogP contribution is 2.14. The van der Waals surface area contributed by atoms with Crippen LogP contribution in [-0.4, -0.2) is 5.75 Å². The molecule has 0 aliphatic carbocycles. The standard InChI is InChI=1S/C11H13ClS/c1-10(7-12)8-13-9-11-5-3-2-4-6-11/h2-7H,8-9H2,1H3/b10-7-. The Labute approximate surface area is 89.0 Å². The molecule has 0 amide bonds. The number of halogens is 1. The average Bonchev–Trinajstić information content (AvgIpc) is 2.19. The summed E-state index contributed by atoms with van der Waals surface area (Å²) < 4.78 is 0. The maximum absolute atomic E-state index is 5.56. The lowest BCUT2D eigenvalue weighted by atomic mass is 10.2. The molecule has 1 aromatic rings. The summed E-state index contributed by atoms with van der Waals surface area (Å²) in [6, 6.07) is 10.5. The first-order valence-corrected chi connectivity index (χ1v) is 5.79. The van der Waals surface area contributed by atoms with Gasteiger partial charge in [-0.05, 0) is 12.5 Å². The van der Waals surface area contributed by atoms with E-state index in [4.69, 9.17) is 11.6 Å². The van der Waals surface area contributed by atoms with E-state index in [9.17, 15) is 0 Å². The van der Waals surface area contributed by atoms with Crippen LogP contribution in [0, 0.1) is 0 Å². The molecule has 0 fully saturated rings. The number of hydrogen-bond donors (Lipinski definition) is 0. The van der Waals surface area contributed by atoms with Crippen LogP contribution in [0.3, 0.4) is 0 Å². The monoisotopic (exact) mass is 212 g/mol. The molecule has 1 rings (SSSR count). The van der Waals surface area contributed by atoms with Crippen LogP contribution < -0.4 is 0 Å². The fourth-order valence-corrected chi connectivity index (χ4v) is 2.04. The highest BCUT2D eigenvalue weighted by Gasteiger charge is 1.92. The van der Waals surface area contributed by atoms with Crippen LogP contribution in [0.4, 0.5) is 0 Å². The molecule has 0 aliphatic heterocycles. The predicted molar refractivity (Wildman–Crippen MR) is 62.2 cm³/mol. The van der Waals surface area contributed by atoms with Gasteiger partial charge in [-0.1, -0.05) is 47.5 Å². The molecule has 0 radical (unpaired) electrons. The third kappa shape index (κ3) is 4.39. The molecule has 0 N–H and O–H groups in total. The maximum atomic E-state index is 5.56. The Kier molecular flexibility index (Phi) is 5.02. The van der Waals surface area contributed by atoms with E-state index in [-0.39, 0.29) is 0 Å². The van der Waals surface area contributed by atoms with Crippen molar-refractivity contribution in [2.45, 2.75) is 12.7 Å². The van der Waals surface area contributed by atoms with Gasteiger partial charge < -0.3 is 0 Å². The third-order valence-corrected chi connectivity index (χ3v) is 3.20. The number of thioether (sulfide) groups is 1. The van der Waals surface area contributed by atoms with Gasteiger partial charge in [0.2, 0.25) is 0 Å². The first-order valence-electron chi connectivity index (χ1n) is 4.20. The molecule has 2 heteroatoms. The first kappa shape index (κ1) is 10.7. The zero-order valence-corrected chi connectivity index (χ0v) is 9.24. The molecule has 0 nitrogen and oxygen atoms in total. The van der Waals surface area contributed by atoms with Crippen molar-refractivity contribution in [3.05, 3.63) is 47.0 Å². The van der Waals surface area contributed by atoms with Crippen molar-refractivity contribution < 1.29 is 0 Å². The third-order valence-electron chi connectivity index (χ3n) is 1.63. The Hall–Kier alpha value is -0.400. The van der Waals surface area contributed by atoms with Gasteiger partial charge in [0.25, 0.3) is 0 Å². The molecule has 0 saturated heterocycles. The molecule has 0 bridgehead atoms. The number of benzene rings is 1. The fraction of sp³-hybridized carbons (Fsp3) is 0.273. The van der Waals surface area contributed by atoms with Crippen molar-refractivity contribution in [1.82, 2.24) is 0 Å². The molecular formula is C11H13ClS. The first-order chi connectivity index (χ1) is 6.33. The van der Waals surface area contributed by atoms with Crippen molar-refractivity contribution in [1.29, 1.82) is 0 Å². The molecule has 1 aromatic carbocycles. The fourth-order valence-electron chi connectivity index (χ4n) is 0.936. The zero-order chi connectivity index (χ0) is 9.52. The van der Waals surface area contributed by atoms with Gasteiger partial charge in [0.05, 0.1) is 0 Å². The van der Waals surface area contributed by atoms with Crippen LogP contribution in [0.2, 0.25) is 0 Å². The normalized spacial score (nSPS) is 11.7. The summed E-state index contributed by atoms with van der Waals surface area (Å²) in [6.07, 6.45) is 0. The van der Waals surface area contributed by atoms with Gasteiger partial charge in [-0.25, -0.2) is 0 Å². The molecule has 0 aliphatic rings. The molecule has 0 heterocycles. The lowest BCUT2D eigenvalue weighted by molar-refractivity contribution is 1.38. The van der Waals surface area contributed by atoms with Gasteiger partial charge in [0, 0.05) is 17.0 Å². The van der Waals surface area contributed by atoms with Crippen molar-refractivity contribution in [2.24, 2.45) is 0 Å². The van der Waals surface area contributed by atoms with E-state index in [0.29, 0.717) is 0 Å². The van der Waals surface area contributed by atoms with E-state index in [2.05, 4.69) is 24.3 Å². The van der Waals surface area contributed by atoms with Crippen LogP contribution >= 0.6 is 23.4 Å². The van der Waals surface area contributed by atoms with Crippen molar-refractivity contribution in [2.75, 3.05) is 5.75 Å². The minimum Gasteiger partial charge on any atom is -0.153 e. The summed E-state index contributed by atoms with van der Waals surface area (Å²) in [5.41, 5.74) is 4.25. The maximum Gasteiger partial charge on any atom is 0.0187 e. The van der Waals surface area contributed by atoms with E-state index in [0.717, 1.165) is 11.5 Å². The summed E-state index contributed by atoms with van der Waals surface area (Å²) in [7, 11) is 0. The quantitative estimate of drug-likeness (QED) is 0.726. The highest BCUT2D eigenvalue weighted by atomic mass is 35.5. The molecule has 0 atom stereocenters. The Morgan fingerprint density at radius 1 is 1.38 bits per heavy atom. The summed E-state index contributed by atoms with van der Waals surface area (Å²) in [6.45, 7) is 2.05. The van der Waals surface area contributed by atoms with E-state index in [1.54, 1.807) is 5.54 Å². The number of hydrogen-bond acceptors (Lipinski definition) is 1. The predicted octanol–water partition coefficient (Wildman–Crippen LogP) is 4.06. The second-order valence-corrected chi connectivity index (χ2v) is 4.14. The second-order valence-electron chi connectivity index (χ2n) is 2.93. The van der Waals surface area contributed by atoms with Crippen LogP contribution in [0.25, 0.3) is 0 Å². The average molecular weight is 213 g/mol. The summed E-state index contributed by atoms with van der Waals surface area (Å²) in [4.78, 5) is 0. The van der Waals surface area contributed by atoms with E-state index >= 15 is 0 Å². The van der Waals surface area contributed by atoms with Gasteiger partial charge in [0.1, 0.15) is 0 Å². The molecule has 70 valence electrons. The van der Waals surface area contributed by atoms with Crippen molar-refractivity contribution in [3.63, 3.8) is 0 Å². The SMILES string of the molecule is C/C(=C/Cl)CSCc1ccccc1. The van der Waals surface area contributed by atoms with Crippen LogP contribution in [0.15, 0.2) is 41.4 Å². The summed E-state index contributed by atoms with van der Waals surface area (Å²) >= 11 is 7.44. The minimum atomic E-state index is 1.01. The Morgan fingerprint density at radius 3 is 2.69 bits per heavy atom. The van der Waals surface area contributed by atoms with Gasteiger partial charge in [0.15, 0.2) is 0 Å². The van der Waals surface area contributed by atoms with E-state index < -0.39 is 0 Å². The van der Waals surface area contributed by atoms with E-state index in [1.807, 2.05) is 24.8 Å². The van der Waals surface area contributed by atoms with Crippen molar-refractivity contribution >= 4 is 23.4 Å². The van der Waals surface area contributed by atoms with Crippen LogP contribution in [0.1, 0.15) is 12.5 Å². The van der Waals surface area contributed by atoms with Gasteiger partial charge in [-0.3, -0.25) is 0 Å². The van der Waals surface area contributed by atoms with Gasteiger partial charge in [-0.2, -0.15) is 11.8 Å². The zero-order valence-electron chi connectivity index (χ0n) is 7.66. The molecule has 0 saturated carbocycles. The van der Waals surface area contributed by atoms with Crippen LogP contribution in [0.5, 0.6) is 0 Å². The molecule has 0 aromatic heterocycles. The lowest BCUT2D eigenvalue weighted by Gasteiger charge is -2.00. The molecule has 13 heavy (non-hydrogen) atoms. The van der Waals surface area contributed by atoms with Crippen molar-refractivity contribution in [3.8, 4) is 0 Å². The largest absolute Gasteiger partial charge is 0.153 e. The summed E-state index contributed by atoms with van der Waals surface area (Å²) in [5.74, 6) is 2.07. The smallest absolute Gasteiger partial charge is 0.0187 e. The Balaban J connectivity index is 2.28. The topological polar surface area (TPSA) is 0 Å². The number of rotatable bonds is 4. The molecule has 0 spiro atoms. The van der Waals surface area contributed by atoms with Crippen LogP contribution in [-0.2, 0) is 5.75 Å². The molecule has 0 unspecified atom stereocenters. The highest BCUT2D eigenvalue weighted by molar-refractivity contribution is 7.98. The second kappa shape index (κ2) is 6.11. The Morgan fingerprint density at radius 2 is 2.08 bits per heavy atom. The van der Waals surface area contributed by atoms with Gasteiger partial charge in [-0.15, -0.1) is 0 Å². The minimum absolute atomic E-state index is 1.01. The Bertz CT molecular complexity index is 267. The lowest BCUT2D eigenvalue weighted by Crippen LogP contribution is -1.83.